The molecule has 13 heteroatoms. The van der Waals surface area contributed by atoms with Crippen LogP contribution in [0.3, 0.4) is 0 Å². The SMILES string of the molecule is NC(=O)[C@H](CCCN=C(N)N)NC(=O)[C@H](Cc1ccc(-c2ccccc2-c2ccccc2)cc1)NC(=O)[C@@H](N)CCCN=C(N)N. The summed E-state index contributed by atoms with van der Waals surface area (Å²) in [7, 11) is 0. The van der Waals surface area contributed by atoms with Gasteiger partial charge in [0, 0.05) is 19.5 Å². The molecule has 0 aromatic heterocycles. The third-order valence-electron chi connectivity index (χ3n) is 7.26. The van der Waals surface area contributed by atoms with E-state index in [1.165, 1.54) is 0 Å². The Labute approximate surface area is 268 Å². The number of rotatable bonds is 17. The van der Waals surface area contributed by atoms with Crippen LogP contribution in [0.15, 0.2) is 88.8 Å². The Morgan fingerprint density at radius 2 is 1.11 bits per heavy atom. The molecule has 46 heavy (non-hydrogen) atoms. The number of aliphatic imine (C=N–C) groups is 2. The first-order valence-electron chi connectivity index (χ1n) is 15.0. The second-order valence-corrected chi connectivity index (χ2v) is 10.8. The molecule has 244 valence electrons. The van der Waals surface area contributed by atoms with E-state index >= 15 is 0 Å². The number of guanidine groups is 2. The largest absolute Gasteiger partial charge is 0.370 e. The fourth-order valence-corrected chi connectivity index (χ4v) is 4.86. The zero-order valence-corrected chi connectivity index (χ0v) is 25.8. The Morgan fingerprint density at radius 1 is 0.609 bits per heavy atom. The van der Waals surface area contributed by atoms with Crippen LogP contribution >= 0.6 is 0 Å². The van der Waals surface area contributed by atoms with Gasteiger partial charge < -0.3 is 45.0 Å². The number of nitrogens with one attached hydrogen (secondary N) is 2. The van der Waals surface area contributed by atoms with E-state index in [2.05, 4.69) is 44.9 Å². The number of benzene rings is 3. The molecule has 3 rings (SSSR count). The molecule has 13 nitrogen and oxygen atoms in total. The standard InChI is InChI=1S/C33H44N10O3/c34-26(12-6-18-40-32(36)37)30(45)43-28(31(46)42-27(29(35)44)13-7-19-41-33(38)39)20-21-14-16-23(17-15-21)25-11-5-4-10-24(25)22-8-2-1-3-9-22/h1-5,8-11,14-17,26-28H,6-7,12-13,18-20,34H2,(H2,35,44)(H,42,46)(H,43,45)(H4,36,37,40)(H4,38,39,41)/t26-,27-,28-/m0/s1. The van der Waals surface area contributed by atoms with Gasteiger partial charge in [-0.25, -0.2) is 0 Å². The van der Waals surface area contributed by atoms with Gasteiger partial charge in [-0.3, -0.25) is 24.4 Å². The van der Waals surface area contributed by atoms with Crippen LogP contribution in [0.1, 0.15) is 31.2 Å². The number of carbonyl (C=O) groups is 3. The zero-order valence-electron chi connectivity index (χ0n) is 25.8. The summed E-state index contributed by atoms with van der Waals surface area (Å²) in [6.07, 6.45) is 1.50. The van der Waals surface area contributed by atoms with Crippen molar-refractivity contribution in [1.82, 2.24) is 10.6 Å². The molecular formula is C33H44N10O3. The number of nitrogens with zero attached hydrogens (tertiary/aromatic N) is 2. The number of carbonyl (C=O) groups excluding carboxylic acids is 3. The van der Waals surface area contributed by atoms with Crippen molar-refractivity contribution in [3.05, 3.63) is 84.4 Å². The van der Waals surface area contributed by atoms with Crippen LogP contribution in [0.25, 0.3) is 22.3 Å². The Morgan fingerprint density at radius 3 is 1.65 bits per heavy atom. The predicted molar refractivity (Wildman–Crippen MR) is 182 cm³/mol. The summed E-state index contributed by atoms with van der Waals surface area (Å²) >= 11 is 0. The molecular weight excluding hydrogens is 584 g/mol. The predicted octanol–water partition coefficient (Wildman–Crippen LogP) is 0.453. The molecule has 0 fully saturated rings. The third-order valence-corrected chi connectivity index (χ3v) is 7.26. The van der Waals surface area contributed by atoms with Gasteiger partial charge >= 0.3 is 0 Å². The van der Waals surface area contributed by atoms with Gasteiger partial charge in [0.25, 0.3) is 0 Å². The van der Waals surface area contributed by atoms with Gasteiger partial charge in [-0.1, -0.05) is 78.9 Å². The van der Waals surface area contributed by atoms with Crippen molar-refractivity contribution >= 4 is 29.6 Å². The normalized spacial score (nSPS) is 12.6. The average molecular weight is 629 g/mol. The summed E-state index contributed by atoms with van der Waals surface area (Å²) < 4.78 is 0. The van der Waals surface area contributed by atoms with E-state index < -0.39 is 35.8 Å². The summed E-state index contributed by atoms with van der Waals surface area (Å²) in [4.78, 5) is 46.5. The Hall–Kier alpha value is -5.43. The van der Waals surface area contributed by atoms with E-state index in [4.69, 9.17) is 34.4 Å². The fourth-order valence-electron chi connectivity index (χ4n) is 4.86. The van der Waals surface area contributed by atoms with Crippen LogP contribution in [0.5, 0.6) is 0 Å². The number of hydrogen-bond acceptors (Lipinski definition) is 6. The Kier molecular flexibility index (Phi) is 13.5. The zero-order chi connectivity index (χ0) is 33.5. The van der Waals surface area contributed by atoms with Crippen LogP contribution < -0.4 is 45.0 Å². The summed E-state index contributed by atoms with van der Waals surface area (Å²) in [6.45, 7) is 0.573. The second kappa shape index (κ2) is 17.8. The maximum atomic E-state index is 13.5. The maximum absolute atomic E-state index is 13.5. The van der Waals surface area contributed by atoms with Gasteiger partial charge in [-0.15, -0.1) is 0 Å². The molecule has 0 aliphatic heterocycles. The van der Waals surface area contributed by atoms with Crippen molar-refractivity contribution in [1.29, 1.82) is 0 Å². The van der Waals surface area contributed by atoms with E-state index in [0.717, 1.165) is 27.8 Å². The van der Waals surface area contributed by atoms with Crippen LogP contribution in [-0.4, -0.2) is 60.9 Å². The monoisotopic (exact) mass is 628 g/mol. The molecule has 0 spiro atoms. The van der Waals surface area contributed by atoms with Crippen molar-refractivity contribution in [2.75, 3.05) is 13.1 Å². The molecule has 0 aliphatic carbocycles. The quantitative estimate of drug-likeness (QED) is 0.0590. The summed E-state index contributed by atoms with van der Waals surface area (Å²) in [5.74, 6) is -1.95. The van der Waals surface area contributed by atoms with Crippen molar-refractivity contribution in [2.24, 2.45) is 44.4 Å². The highest BCUT2D eigenvalue weighted by Crippen LogP contribution is 2.32. The van der Waals surface area contributed by atoms with Crippen LogP contribution in [-0.2, 0) is 20.8 Å². The average Bonchev–Trinajstić information content (AvgIpc) is 3.04. The lowest BCUT2D eigenvalue weighted by atomic mass is 9.93. The van der Waals surface area contributed by atoms with E-state index in [0.29, 0.717) is 25.8 Å². The van der Waals surface area contributed by atoms with Crippen molar-refractivity contribution in [3.8, 4) is 22.3 Å². The minimum Gasteiger partial charge on any atom is -0.370 e. The minimum atomic E-state index is -1.04. The van der Waals surface area contributed by atoms with Crippen LogP contribution in [0, 0.1) is 0 Å². The maximum Gasteiger partial charge on any atom is 0.243 e. The lowest BCUT2D eigenvalue weighted by molar-refractivity contribution is -0.131. The minimum absolute atomic E-state index is 0.0494. The van der Waals surface area contributed by atoms with Gasteiger partial charge in [-0.2, -0.15) is 0 Å². The summed E-state index contributed by atoms with van der Waals surface area (Å²) in [5, 5.41) is 5.42. The fraction of sp³-hybridized carbons (Fsp3) is 0.303. The van der Waals surface area contributed by atoms with Crippen molar-refractivity contribution in [2.45, 2.75) is 50.2 Å². The topological polar surface area (TPSA) is 256 Å². The first-order valence-corrected chi connectivity index (χ1v) is 15.0. The van der Waals surface area contributed by atoms with Gasteiger partial charge in [0.1, 0.15) is 12.1 Å². The molecule has 3 atom stereocenters. The molecule has 3 aromatic rings. The molecule has 0 heterocycles. The second-order valence-electron chi connectivity index (χ2n) is 10.8. The summed E-state index contributed by atoms with van der Waals surface area (Å²) in [6, 6.07) is 23.0. The highest BCUT2D eigenvalue weighted by molar-refractivity contribution is 5.93. The molecule has 0 radical (unpaired) electrons. The third kappa shape index (κ3) is 11.2. The molecule has 0 saturated carbocycles. The first kappa shape index (κ1) is 35.1. The smallest absolute Gasteiger partial charge is 0.243 e. The lowest BCUT2D eigenvalue weighted by Crippen LogP contribution is -2.56. The molecule has 3 aromatic carbocycles. The van der Waals surface area contributed by atoms with E-state index in [1.807, 2.05) is 54.6 Å². The van der Waals surface area contributed by atoms with Crippen LogP contribution in [0.2, 0.25) is 0 Å². The van der Waals surface area contributed by atoms with Gasteiger partial charge in [0.15, 0.2) is 11.9 Å². The molecule has 0 bridgehead atoms. The molecule has 0 aliphatic rings. The molecule has 14 N–H and O–H groups in total. The number of amides is 3. The lowest BCUT2D eigenvalue weighted by Gasteiger charge is -2.23. The van der Waals surface area contributed by atoms with Crippen LogP contribution in [0.4, 0.5) is 0 Å². The Bertz CT molecular complexity index is 1500. The highest BCUT2D eigenvalue weighted by atomic mass is 16.2. The van der Waals surface area contributed by atoms with Gasteiger partial charge in [0.05, 0.1) is 6.04 Å². The molecule has 0 unspecified atom stereocenters. The number of hydrogen-bond donors (Lipinski definition) is 8. The van der Waals surface area contributed by atoms with Gasteiger partial charge in [-0.05, 0) is 53.5 Å². The molecule has 0 saturated heterocycles. The van der Waals surface area contributed by atoms with E-state index in [-0.39, 0.29) is 31.3 Å². The van der Waals surface area contributed by atoms with Crippen molar-refractivity contribution < 1.29 is 14.4 Å². The molecule has 3 amide bonds. The Balaban J connectivity index is 1.79. The highest BCUT2D eigenvalue weighted by Gasteiger charge is 2.27. The number of primary amides is 1. The van der Waals surface area contributed by atoms with E-state index in [1.54, 1.807) is 0 Å². The number of nitrogens with two attached hydrogens (primary N) is 6. The first-order chi connectivity index (χ1) is 22.0. The van der Waals surface area contributed by atoms with E-state index in [9.17, 15) is 14.4 Å². The van der Waals surface area contributed by atoms with Crippen molar-refractivity contribution in [3.63, 3.8) is 0 Å². The summed E-state index contributed by atoms with van der Waals surface area (Å²) in [5.41, 5.74) is 38.1. The van der Waals surface area contributed by atoms with Gasteiger partial charge in [0.2, 0.25) is 17.7 Å².